The Bertz CT molecular complexity index is 578. The van der Waals surface area contributed by atoms with Crippen LogP contribution in [0.2, 0.25) is 0 Å². The Morgan fingerprint density at radius 3 is 2.74 bits per heavy atom. The van der Waals surface area contributed by atoms with Crippen molar-refractivity contribution in [3.63, 3.8) is 0 Å². The molecule has 3 rings (SSSR count). The molecular formula is C16H20N2O. The molecule has 0 atom stereocenters. The highest BCUT2D eigenvalue weighted by Gasteiger charge is 2.42. The van der Waals surface area contributed by atoms with Gasteiger partial charge in [-0.15, -0.1) is 0 Å². The van der Waals surface area contributed by atoms with Gasteiger partial charge in [-0.2, -0.15) is 0 Å². The second kappa shape index (κ2) is 4.91. The third-order valence-electron chi connectivity index (χ3n) is 3.99. The SMILES string of the molecule is CN(Cc1ccc2ccccc2n1)CC1(CO)CC1. The van der Waals surface area contributed by atoms with E-state index in [1.165, 1.54) is 5.39 Å². The molecule has 0 radical (unpaired) electrons. The Labute approximate surface area is 113 Å². The van der Waals surface area contributed by atoms with E-state index in [1.807, 2.05) is 12.1 Å². The average Bonchev–Trinajstić information content (AvgIpc) is 3.19. The molecule has 0 amide bonds. The zero-order valence-electron chi connectivity index (χ0n) is 11.3. The van der Waals surface area contributed by atoms with Crippen molar-refractivity contribution < 1.29 is 5.11 Å². The van der Waals surface area contributed by atoms with Gasteiger partial charge >= 0.3 is 0 Å². The van der Waals surface area contributed by atoms with Crippen molar-refractivity contribution in [2.24, 2.45) is 5.41 Å². The van der Waals surface area contributed by atoms with E-state index in [2.05, 4.69) is 41.2 Å². The van der Waals surface area contributed by atoms with Crippen LogP contribution in [0.25, 0.3) is 10.9 Å². The van der Waals surface area contributed by atoms with Gasteiger partial charge in [0.25, 0.3) is 0 Å². The highest BCUT2D eigenvalue weighted by molar-refractivity contribution is 5.78. The van der Waals surface area contributed by atoms with Crippen molar-refractivity contribution in [1.29, 1.82) is 0 Å². The van der Waals surface area contributed by atoms with Crippen molar-refractivity contribution in [3.05, 3.63) is 42.1 Å². The van der Waals surface area contributed by atoms with E-state index in [9.17, 15) is 5.11 Å². The lowest BCUT2D eigenvalue weighted by Gasteiger charge is -2.21. The highest BCUT2D eigenvalue weighted by atomic mass is 16.3. The lowest BCUT2D eigenvalue weighted by molar-refractivity contribution is 0.160. The van der Waals surface area contributed by atoms with Crippen LogP contribution in [0.15, 0.2) is 36.4 Å². The van der Waals surface area contributed by atoms with Crippen LogP contribution in [0.5, 0.6) is 0 Å². The van der Waals surface area contributed by atoms with Crippen LogP contribution < -0.4 is 0 Å². The molecule has 0 bridgehead atoms. The average molecular weight is 256 g/mol. The largest absolute Gasteiger partial charge is 0.396 e. The van der Waals surface area contributed by atoms with E-state index >= 15 is 0 Å². The van der Waals surface area contributed by atoms with Gasteiger partial charge in [0.2, 0.25) is 0 Å². The summed E-state index contributed by atoms with van der Waals surface area (Å²) in [6, 6.07) is 12.4. The second-order valence-electron chi connectivity index (χ2n) is 5.83. The van der Waals surface area contributed by atoms with Crippen molar-refractivity contribution >= 4 is 10.9 Å². The molecule has 0 aliphatic heterocycles. The van der Waals surface area contributed by atoms with E-state index < -0.39 is 0 Å². The number of fused-ring (bicyclic) bond motifs is 1. The molecule has 19 heavy (non-hydrogen) atoms. The molecule has 1 N–H and O–H groups in total. The van der Waals surface area contributed by atoms with Gasteiger partial charge in [0, 0.05) is 30.5 Å². The van der Waals surface area contributed by atoms with Crippen molar-refractivity contribution in [2.45, 2.75) is 19.4 Å². The molecule has 3 heteroatoms. The molecule has 0 unspecified atom stereocenters. The maximum absolute atomic E-state index is 9.37. The summed E-state index contributed by atoms with van der Waals surface area (Å²) in [5.41, 5.74) is 2.32. The Morgan fingerprint density at radius 2 is 2.00 bits per heavy atom. The van der Waals surface area contributed by atoms with Crippen LogP contribution in [0.3, 0.4) is 0 Å². The summed E-state index contributed by atoms with van der Waals surface area (Å²) in [7, 11) is 2.10. The van der Waals surface area contributed by atoms with Crippen LogP contribution in [-0.2, 0) is 6.54 Å². The number of aliphatic hydroxyl groups excluding tert-OH is 1. The van der Waals surface area contributed by atoms with E-state index in [-0.39, 0.29) is 5.41 Å². The smallest absolute Gasteiger partial charge is 0.0705 e. The number of aromatic nitrogens is 1. The first-order chi connectivity index (χ1) is 9.21. The van der Waals surface area contributed by atoms with Gasteiger partial charge in [0.05, 0.1) is 11.2 Å². The Hall–Kier alpha value is -1.45. The van der Waals surface area contributed by atoms with E-state index in [0.29, 0.717) is 6.61 Å². The molecule has 1 heterocycles. The molecule has 1 aliphatic carbocycles. The monoisotopic (exact) mass is 256 g/mol. The molecule has 0 spiro atoms. The summed E-state index contributed by atoms with van der Waals surface area (Å²) in [5.74, 6) is 0. The van der Waals surface area contributed by atoms with Crippen molar-refractivity contribution in [3.8, 4) is 0 Å². The number of hydrogen-bond donors (Lipinski definition) is 1. The Balaban J connectivity index is 1.70. The highest BCUT2D eigenvalue weighted by Crippen LogP contribution is 2.45. The van der Waals surface area contributed by atoms with Crippen molar-refractivity contribution in [2.75, 3.05) is 20.2 Å². The number of para-hydroxylation sites is 1. The molecule has 100 valence electrons. The number of pyridine rings is 1. The molecule has 1 aromatic carbocycles. The predicted molar refractivity (Wildman–Crippen MR) is 76.8 cm³/mol. The normalized spacial score (nSPS) is 17.0. The first-order valence-corrected chi connectivity index (χ1v) is 6.85. The predicted octanol–water partition coefficient (Wildman–Crippen LogP) is 2.44. The molecule has 1 aromatic heterocycles. The van der Waals surface area contributed by atoms with Gasteiger partial charge < -0.3 is 5.11 Å². The molecule has 2 aromatic rings. The molecule has 1 saturated carbocycles. The third-order valence-corrected chi connectivity index (χ3v) is 3.99. The summed E-state index contributed by atoms with van der Waals surface area (Å²) < 4.78 is 0. The molecule has 1 aliphatic rings. The minimum atomic E-state index is 0.172. The minimum Gasteiger partial charge on any atom is -0.396 e. The van der Waals surface area contributed by atoms with Crippen LogP contribution in [0, 0.1) is 5.41 Å². The number of nitrogens with zero attached hydrogens (tertiary/aromatic N) is 2. The van der Waals surface area contributed by atoms with Gasteiger partial charge in [-0.3, -0.25) is 9.88 Å². The van der Waals surface area contributed by atoms with Gasteiger partial charge in [0.15, 0.2) is 0 Å². The first kappa shape index (κ1) is 12.6. The topological polar surface area (TPSA) is 36.4 Å². The van der Waals surface area contributed by atoms with E-state index in [4.69, 9.17) is 0 Å². The number of hydrogen-bond acceptors (Lipinski definition) is 3. The molecular weight excluding hydrogens is 236 g/mol. The van der Waals surface area contributed by atoms with E-state index in [1.54, 1.807) is 0 Å². The quantitative estimate of drug-likeness (QED) is 0.892. The summed E-state index contributed by atoms with van der Waals surface area (Å²) in [6.07, 6.45) is 2.30. The molecule has 3 nitrogen and oxygen atoms in total. The molecule has 1 fully saturated rings. The fourth-order valence-electron chi connectivity index (χ4n) is 2.64. The van der Waals surface area contributed by atoms with Gasteiger partial charge in [0.1, 0.15) is 0 Å². The van der Waals surface area contributed by atoms with Crippen LogP contribution >= 0.6 is 0 Å². The Kier molecular flexibility index (Phi) is 3.25. The van der Waals surface area contributed by atoms with Crippen LogP contribution in [-0.4, -0.2) is 35.2 Å². The van der Waals surface area contributed by atoms with E-state index in [0.717, 1.165) is 37.1 Å². The number of benzene rings is 1. The number of aliphatic hydroxyl groups is 1. The summed E-state index contributed by atoms with van der Waals surface area (Å²) in [4.78, 5) is 6.95. The van der Waals surface area contributed by atoms with Gasteiger partial charge in [-0.25, -0.2) is 0 Å². The first-order valence-electron chi connectivity index (χ1n) is 6.85. The summed E-state index contributed by atoms with van der Waals surface area (Å²) >= 11 is 0. The van der Waals surface area contributed by atoms with Crippen molar-refractivity contribution in [1.82, 2.24) is 9.88 Å². The summed E-state index contributed by atoms with van der Waals surface area (Å²) in [5, 5.41) is 10.6. The standard InChI is InChI=1S/C16H20N2O/c1-18(11-16(12-19)8-9-16)10-14-7-6-13-4-2-3-5-15(13)17-14/h2-7,19H,8-12H2,1H3. The zero-order chi connectivity index (χ0) is 13.3. The second-order valence-corrected chi connectivity index (χ2v) is 5.83. The van der Waals surface area contributed by atoms with Crippen LogP contribution in [0.1, 0.15) is 18.5 Å². The van der Waals surface area contributed by atoms with Gasteiger partial charge in [-0.05, 0) is 32.0 Å². The Morgan fingerprint density at radius 1 is 1.21 bits per heavy atom. The number of rotatable bonds is 5. The maximum Gasteiger partial charge on any atom is 0.0705 e. The maximum atomic E-state index is 9.37. The third kappa shape index (κ3) is 2.77. The van der Waals surface area contributed by atoms with Gasteiger partial charge in [-0.1, -0.05) is 24.3 Å². The fourth-order valence-corrected chi connectivity index (χ4v) is 2.64. The lowest BCUT2D eigenvalue weighted by atomic mass is 10.1. The zero-order valence-corrected chi connectivity index (χ0v) is 11.3. The summed E-state index contributed by atoms with van der Waals surface area (Å²) in [6.45, 7) is 2.10. The lowest BCUT2D eigenvalue weighted by Crippen LogP contribution is -2.28. The van der Waals surface area contributed by atoms with Crippen LogP contribution in [0.4, 0.5) is 0 Å². The minimum absolute atomic E-state index is 0.172. The molecule has 0 saturated heterocycles. The fraction of sp³-hybridized carbons (Fsp3) is 0.438.